The fraction of sp³-hybridized carbons (Fsp3) is 0.562. The molecule has 0 fully saturated rings. The molecule has 0 spiro atoms. The van der Waals surface area contributed by atoms with Crippen LogP contribution in [-0.4, -0.2) is 40.6 Å². The van der Waals surface area contributed by atoms with Crippen molar-refractivity contribution in [3.63, 3.8) is 0 Å². The van der Waals surface area contributed by atoms with E-state index in [1.165, 1.54) is 0 Å². The Morgan fingerprint density at radius 2 is 2.21 bits per heavy atom. The second-order valence-corrected chi connectivity index (χ2v) is 6.95. The molecule has 1 atom stereocenters. The van der Waals surface area contributed by atoms with Crippen molar-refractivity contribution in [2.45, 2.75) is 39.2 Å². The fourth-order valence-electron chi connectivity index (χ4n) is 2.07. The third-order valence-electron chi connectivity index (χ3n) is 3.84. The lowest BCUT2D eigenvalue weighted by atomic mass is 10.0. The largest absolute Gasteiger partial charge is 0.346 e. The molecule has 2 N–H and O–H groups in total. The van der Waals surface area contributed by atoms with Gasteiger partial charge in [0.05, 0.1) is 4.88 Å². The molecule has 0 radical (unpaired) electrons. The summed E-state index contributed by atoms with van der Waals surface area (Å²) in [4.78, 5) is 19.1. The SMILES string of the molecule is CC(C)C(N)CCN(C)C(=O)CCc1nc(-c2cccs2)no1.Cl. The van der Waals surface area contributed by atoms with Crippen molar-refractivity contribution >= 4 is 29.7 Å². The van der Waals surface area contributed by atoms with E-state index in [1.54, 1.807) is 23.3 Å². The fourth-order valence-corrected chi connectivity index (χ4v) is 2.72. The zero-order valence-electron chi connectivity index (χ0n) is 14.3. The van der Waals surface area contributed by atoms with Crippen LogP contribution in [0.15, 0.2) is 22.0 Å². The Labute approximate surface area is 152 Å². The van der Waals surface area contributed by atoms with Crippen LogP contribution in [0.4, 0.5) is 0 Å². The van der Waals surface area contributed by atoms with Crippen molar-refractivity contribution in [3.05, 3.63) is 23.4 Å². The summed E-state index contributed by atoms with van der Waals surface area (Å²) in [5.41, 5.74) is 6.01. The Hall–Kier alpha value is -1.44. The van der Waals surface area contributed by atoms with Gasteiger partial charge >= 0.3 is 0 Å². The number of thiophene rings is 1. The van der Waals surface area contributed by atoms with Crippen LogP contribution in [0.2, 0.25) is 0 Å². The summed E-state index contributed by atoms with van der Waals surface area (Å²) in [5, 5.41) is 5.91. The lowest BCUT2D eigenvalue weighted by Gasteiger charge is -2.21. The molecule has 2 heterocycles. The summed E-state index contributed by atoms with van der Waals surface area (Å²) >= 11 is 1.56. The molecular formula is C16H25ClN4O2S. The first-order valence-corrected chi connectivity index (χ1v) is 8.71. The Bertz CT molecular complexity index is 615. The normalized spacial score (nSPS) is 12.0. The van der Waals surface area contributed by atoms with Gasteiger partial charge in [-0.25, -0.2) is 0 Å². The van der Waals surface area contributed by atoms with Crippen LogP contribution in [0.5, 0.6) is 0 Å². The Kier molecular flexibility index (Phi) is 8.38. The van der Waals surface area contributed by atoms with Crippen molar-refractivity contribution in [1.82, 2.24) is 15.0 Å². The number of nitrogens with two attached hydrogens (primary N) is 1. The van der Waals surface area contributed by atoms with Crippen molar-refractivity contribution < 1.29 is 9.32 Å². The molecule has 0 saturated heterocycles. The predicted octanol–water partition coefficient (Wildman–Crippen LogP) is 2.98. The van der Waals surface area contributed by atoms with Crippen LogP contribution in [0.3, 0.4) is 0 Å². The third-order valence-corrected chi connectivity index (χ3v) is 4.71. The molecule has 1 unspecified atom stereocenters. The van der Waals surface area contributed by atoms with Crippen LogP contribution in [0.1, 0.15) is 32.6 Å². The number of halogens is 1. The summed E-state index contributed by atoms with van der Waals surface area (Å²) in [7, 11) is 1.81. The molecule has 8 heteroatoms. The summed E-state index contributed by atoms with van der Waals surface area (Å²) in [6.45, 7) is 4.85. The molecule has 0 bridgehead atoms. The highest BCUT2D eigenvalue weighted by molar-refractivity contribution is 7.13. The van der Waals surface area contributed by atoms with Gasteiger partial charge in [-0.2, -0.15) is 4.98 Å². The smallest absolute Gasteiger partial charge is 0.227 e. The van der Waals surface area contributed by atoms with Crippen molar-refractivity contribution in [2.24, 2.45) is 11.7 Å². The molecule has 2 aromatic heterocycles. The molecule has 0 saturated carbocycles. The Morgan fingerprint density at radius 1 is 1.46 bits per heavy atom. The lowest BCUT2D eigenvalue weighted by Crippen LogP contribution is -2.34. The highest BCUT2D eigenvalue weighted by Gasteiger charge is 2.15. The Balaban J connectivity index is 0.00000288. The van der Waals surface area contributed by atoms with E-state index in [0.717, 1.165) is 11.3 Å². The first-order chi connectivity index (χ1) is 11.0. The summed E-state index contributed by atoms with van der Waals surface area (Å²) in [5.74, 6) is 1.57. The molecule has 0 aliphatic carbocycles. The van der Waals surface area contributed by atoms with E-state index in [-0.39, 0.29) is 24.4 Å². The maximum atomic E-state index is 12.1. The maximum absolute atomic E-state index is 12.1. The highest BCUT2D eigenvalue weighted by Crippen LogP contribution is 2.21. The third kappa shape index (κ3) is 5.89. The van der Waals surface area contributed by atoms with Gasteiger partial charge in [0.1, 0.15) is 0 Å². The standard InChI is InChI=1S/C16H24N4O2S.ClH/c1-11(2)12(17)8-9-20(3)15(21)7-6-14-18-16(19-22-14)13-5-4-10-23-13;/h4-5,10-12H,6-9,17H2,1-3H3;1H. The predicted molar refractivity (Wildman–Crippen MR) is 98.2 cm³/mol. The van der Waals surface area contributed by atoms with Gasteiger partial charge in [0, 0.05) is 32.5 Å². The second-order valence-electron chi connectivity index (χ2n) is 6.00. The molecule has 1 amide bonds. The van der Waals surface area contributed by atoms with E-state index in [4.69, 9.17) is 10.3 Å². The van der Waals surface area contributed by atoms with E-state index < -0.39 is 0 Å². The molecule has 6 nitrogen and oxygen atoms in total. The molecule has 24 heavy (non-hydrogen) atoms. The molecular weight excluding hydrogens is 348 g/mol. The van der Waals surface area contributed by atoms with Gasteiger partial charge in [-0.3, -0.25) is 4.79 Å². The van der Waals surface area contributed by atoms with Gasteiger partial charge in [0.25, 0.3) is 0 Å². The van der Waals surface area contributed by atoms with Gasteiger partial charge < -0.3 is 15.2 Å². The number of aryl methyl sites for hydroxylation is 1. The number of carbonyl (C=O) groups excluding carboxylic acids is 1. The molecule has 0 aliphatic rings. The number of hydrogen-bond acceptors (Lipinski definition) is 6. The average Bonchev–Trinajstić information content (AvgIpc) is 3.20. The summed E-state index contributed by atoms with van der Waals surface area (Å²) < 4.78 is 5.20. The highest BCUT2D eigenvalue weighted by atomic mass is 35.5. The second kappa shape index (κ2) is 9.76. The number of carbonyl (C=O) groups is 1. The minimum atomic E-state index is 0. The zero-order valence-corrected chi connectivity index (χ0v) is 15.9. The van der Waals surface area contributed by atoms with Gasteiger partial charge in [-0.1, -0.05) is 25.1 Å². The Morgan fingerprint density at radius 3 is 2.83 bits per heavy atom. The van der Waals surface area contributed by atoms with E-state index in [2.05, 4.69) is 24.0 Å². The monoisotopic (exact) mass is 372 g/mol. The van der Waals surface area contributed by atoms with Crippen LogP contribution in [0, 0.1) is 5.92 Å². The van der Waals surface area contributed by atoms with Crippen LogP contribution >= 0.6 is 23.7 Å². The van der Waals surface area contributed by atoms with E-state index in [0.29, 0.717) is 37.0 Å². The van der Waals surface area contributed by atoms with Crippen LogP contribution in [0.25, 0.3) is 10.7 Å². The van der Waals surface area contributed by atoms with Crippen LogP contribution in [-0.2, 0) is 11.2 Å². The number of aromatic nitrogens is 2. The molecule has 2 rings (SSSR count). The van der Waals surface area contributed by atoms with Gasteiger partial charge in [-0.05, 0) is 23.8 Å². The summed E-state index contributed by atoms with van der Waals surface area (Å²) in [6.07, 6.45) is 1.63. The zero-order chi connectivity index (χ0) is 16.8. The van der Waals surface area contributed by atoms with Gasteiger partial charge in [0.15, 0.2) is 0 Å². The number of amides is 1. The topological polar surface area (TPSA) is 85.2 Å². The minimum absolute atomic E-state index is 0. The lowest BCUT2D eigenvalue weighted by molar-refractivity contribution is -0.130. The molecule has 0 aliphatic heterocycles. The average molecular weight is 373 g/mol. The molecule has 0 aromatic carbocycles. The maximum Gasteiger partial charge on any atom is 0.227 e. The number of nitrogens with zero attached hydrogens (tertiary/aromatic N) is 3. The number of rotatable bonds is 8. The minimum Gasteiger partial charge on any atom is -0.346 e. The quantitative estimate of drug-likeness (QED) is 0.769. The van der Waals surface area contributed by atoms with E-state index in [1.807, 2.05) is 17.5 Å². The van der Waals surface area contributed by atoms with E-state index in [9.17, 15) is 4.79 Å². The number of hydrogen-bond donors (Lipinski definition) is 1. The molecule has 2 aromatic rings. The van der Waals surface area contributed by atoms with Crippen LogP contribution < -0.4 is 5.73 Å². The van der Waals surface area contributed by atoms with E-state index >= 15 is 0 Å². The van der Waals surface area contributed by atoms with Crippen molar-refractivity contribution in [1.29, 1.82) is 0 Å². The van der Waals surface area contributed by atoms with Crippen molar-refractivity contribution in [2.75, 3.05) is 13.6 Å². The first-order valence-electron chi connectivity index (χ1n) is 7.83. The van der Waals surface area contributed by atoms with Gasteiger partial charge in [0.2, 0.25) is 17.6 Å². The van der Waals surface area contributed by atoms with Crippen molar-refractivity contribution in [3.8, 4) is 10.7 Å². The van der Waals surface area contributed by atoms with Gasteiger partial charge in [-0.15, -0.1) is 23.7 Å². The summed E-state index contributed by atoms with van der Waals surface area (Å²) in [6, 6.07) is 4.00. The molecule has 134 valence electrons. The first kappa shape index (κ1) is 20.6.